The molecule has 0 aromatic carbocycles. The predicted octanol–water partition coefficient (Wildman–Crippen LogP) is 1.22. The van der Waals surface area contributed by atoms with Crippen LogP contribution in [0.15, 0.2) is 0 Å². The van der Waals surface area contributed by atoms with Crippen molar-refractivity contribution in [2.24, 2.45) is 0 Å². The number of halogens is 3. The third kappa shape index (κ3) is 9.71. The zero-order chi connectivity index (χ0) is 9.23. The number of alkyl halides is 3. The first-order chi connectivity index (χ1) is 5.77. The van der Waals surface area contributed by atoms with Gasteiger partial charge in [-0.15, -0.1) is 0 Å². The van der Waals surface area contributed by atoms with Crippen molar-refractivity contribution >= 4 is 0 Å². The van der Waals surface area contributed by atoms with Gasteiger partial charge in [0, 0.05) is 6.54 Å². The van der Waals surface area contributed by atoms with Gasteiger partial charge in [0.05, 0.1) is 13.3 Å². The lowest BCUT2D eigenvalue weighted by molar-refractivity contribution is 0.0188. The largest absolute Gasteiger partial charge is 0.374 e. The number of hydrogen-bond acceptors (Lipinski definition) is 2. The molecule has 0 atom stereocenters. The maximum Gasteiger partial charge on any atom is 0.261 e. The van der Waals surface area contributed by atoms with Crippen LogP contribution < -0.4 is 5.32 Å². The van der Waals surface area contributed by atoms with Crippen molar-refractivity contribution in [2.45, 2.75) is 12.8 Å². The molecule has 74 valence electrons. The fraction of sp³-hybridized carbons (Fsp3) is 1.00. The van der Waals surface area contributed by atoms with Gasteiger partial charge in [-0.3, -0.25) is 4.39 Å². The molecule has 0 aromatic heterocycles. The van der Waals surface area contributed by atoms with E-state index in [0.29, 0.717) is 19.5 Å². The van der Waals surface area contributed by atoms with Gasteiger partial charge in [-0.25, -0.2) is 8.78 Å². The van der Waals surface area contributed by atoms with Crippen molar-refractivity contribution in [3.8, 4) is 0 Å². The summed E-state index contributed by atoms with van der Waals surface area (Å²) in [6, 6.07) is 0. The molecular formula is C7H14F3NO. The molecule has 0 spiro atoms. The highest BCUT2D eigenvalue weighted by molar-refractivity contribution is 4.45. The summed E-state index contributed by atoms with van der Waals surface area (Å²) in [5.74, 6) is 0. The van der Waals surface area contributed by atoms with Crippen LogP contribution in [0.4, 0.5) is 13.2 Å². The smallest absolute Gasteiger partial charge is 0.261 e. The lowest BCUT2D eigenvalue weighted by atomic mass is 10.4. The van der Waals surface area contributed by atoms with Crippen molar-refractivity contribution in [3.05, 3.63) is 0 Å². The molecular weight excluding hydrogens is 171 g/mol. The second-order valence-corrected chi connectivity index (χ2v) is 2.26. The minimum absolute atomic E-state index is 0.247. The Bertz CT molecular complexity index is 92.7. The summed E-state index contributed by atoms with van der Waals surface area (Å²) >= 11 is 0. The van der Waals surface area contributed by atoms with E-state index in [2.05, 4.69) is 10.1 Å². The minimum Gasteiger partial charge on any atom is -0.374 e. The molecule has 0 aliphatic carbocycles. The molecule has 0 bridgehead atoms. The van der Waals surface area contributed by atoms with Crippen LogP contribution in [-0.2, 0) is 4.74 Å². The summed E-state index contributed by atoms with van der Waals surface area (Å²) in [5, 5.41) is 2.85. The van der Waals surface area contributed by atoms with Crippen LogP contribution in [0.3, 0.4) is 0 Å². The van der Waals surface area contributed by atoms with Crippen molar-refractivity contribution in [2.75, 3.05) is 33.0 Å². The Morgan fingerprint density at radius 3 is 2.58 bits per heavy atom. The number of ether oxygens (including phenoxy) is 1. The van der Waals surface area contributed by atoms with E-state index >= 15 is 0 Å². The van der Waals surface area contributed by atoms with Gasteiger partial charge in [-0.2, -0.15) is 0 Å². The van der Waals surface area contributed by atoms with Crippen molar-refractivity contribution in [1.29, 1.82) is 0 Å². The van der Waals surface area contributed by atoms with Crippen LogP contribution >= 0.6 is 0 Å². The highest BCUT2D eigenvalue weighted by Gasteiger charge is 2.00. The van der Waals surface area contributed by atoms with Crippen LogP contribution in [0.5, 0.6) is 0 Å². The van der Waals surface area contributed by atoms with Gasteiger partial charge in [-0.1, -0.05) is 0 Å². The summed E-state index contributed by atoms with van der Waals surface area (Å²) in [6.45, 7) is 0.424. The van der Waals surface area contributed by atoms with Crippen LogP contribution in [-0.4, -0.2) is 39.4 Å². The molecule has 0 saturated carbocycles. The molecule has 0 aliphatic rings. The molecule has 0 rings (SSSR count). The lowest BCUT2D eigenvalue weighted by Gasteiger charge is -2.04. The van der Waals surface area contributed by atoms with Gasteiger partial charge >= 0.3 is 0 Å². The average Bonchev–Trinajstić information content (AvgIpc) is 2.02. The Morgan fingerprint density at radius 1 is 1.25 bits per heavy atom. The number of nitrogens with one attached hydrogen (secondary N) is 1. The summed E-state index contributed by atoms with van der Waals surface area (Å²) in [6.07, 6.45) is -1.95. The van der Waals surface area contributed by atoms with E-state index in [1.807, 2.05) is 0 Å². The molecule has 5 heteroatoms. The SMILES string of the molecule is FCCCNCCOCC(F)F. The van der Waals surface area contributed by atoms with Gasteiger partial charge in [0.1, 0.15) is 6.61 Å². The summed E-state index contributed by atoms with van der Waals surface area (Å²) in [5.41, 5.74) is 0. The quantitative estimate of drug-likeness (QED) is 0.574. The first-order valence-electron chi connectivity index (χ1n) is 3.90. The standard InChI is InChI=1S/C7H14F3NO/c8-2-1-3-11-4-5-12-6-7(9)10/h7,11H,1-6H2. The van der Waals surface area contributed by atoms with E-state index in [0.717, 1.165) is 0 Å². The van der Waals surface area contributed by atoms with Gasteiger partial charge in [-0.05, 0) is 13.0 Å². The first-order valence-corrected chi connectivity index (χ1v) is 3.90. The van der Waals surface area contributed by atoms with Gasteiger partial charge in [0.2, 0.25) is 0 Å². The van der Waals surface area contributed by atoms with Crippen LogP contribution in [0.25, 0.3) is 0 Å². The van der Waals surface area contributed by atoms with Crippen LogP contribution in [0.2, 0.25) is 0 Å². The van der Waals surface area contributed by atoms with Gasteiger partial charge in [0.15, 0.2) is 0 Å². The topological polar surface area (TPSA) is 21.3 Å². The molecule has 2 nitrogen and oxygen atoms in total. The zero-order valence-electron chi connectivity index (χ0n) is 6.86. The Hall–Kier alpha value is -0.290. The highest BCUT2D eigenvalue weighted by atomic mass is 19.3. The van der Waals surface area contributed by atoms with E-state index < -0.39 is 13.0 Å². The Morgan fingerprint density at radius 2 is 2.00 bits per heavy atom. The molecule has 0 unspecified atom stereocenters. The van der Waals surface area contributed by atoms with E-state index in [1.54, 1.807) is 0 Å². The molecule has 0 heterocycles. The maximum atomic E-state index is 11.5. The highest BCUT2D eigenvalue weighted by Crippen LogP contribution is 1.91. The third-order valence-corrected chi connectivity index (χ3v) is 1.15. The second kappa shape index (κ2) is 8.80. The molecule has 0 aliphatic heterocycles. The minimum atomic E-state index is -2.41. The Labute approximate surface area is 70.1 Å². The molecule has 0 aromatic rings. The average molecular weight is 185 g/mol. The van der Waals surface area contributed by atoms with E-state index in [4.69, 9.17) is 0 Å². The van der Waals surface area contributed by atoms with Crippen molar-refractivity contribution in [1.82, 2.24) is 5.32 Å². The lowest BCUT2D eigenvalue weighted by Crippen LogP contribution is -2.22. The normalized spacial score (nSPS) is 11.0. The van der Waals surface area contributed by atoms with Crippen LogP contribution in [0, 0.1) is 0 Å². The summed E-state index contributed by atoms with van der Waals surface area (Å²) in [4.78, 5) is 0. The Kier molecular flexibility index (Phi) is 8.59. The molecule has 0 amide bonds. The van der Waals surface area contributed by atoms with Gasteiger partial charge < -0.3 is 10.1 Å². The fourth-order valence-electron chi connectivity index (χ4n) is 0.634. The zero-order valence-corrected chi connectivity index (χ0v) is 6.86. The van der Waals surface area contributed by atoms with Crippen molar-refractivity contribution in [3.63, 3.8) is 0 Å². The van der Waals surface area contributed by atoms with Gasteiger partial charge in [0.25, 0.3) is 6.43 Å². The second-order valence-electron chi connectivity index (χ2n) is 2.26. The van der Waals surface area contributed by atoms with E-state index in [-0.39, 0.29) is 13.3 Å². The first kappa shape index (κ1) is 11.7. The summed E-state index contributed by atoms with van der Waals surface area (Å²) in [7, 11) is 0. The Balaban J connectivity index is 2.82. The van der Waals surface area contributed by atoms with Crippen molar-refractivity contribution < 1.29 is 17.9 Å². The number of rotatable bonds is 8. The molecule has 12 heavy (non-hydrogen) atoms. The molecule has 0 fully saturated rings. The van der Waals surface area contributed by atoms with Crippen LogP contribution in [0.1, 0.15) is 6.42 Å². The summed E-state index contributed by atoms with van der Waals surface area (Å²) < 4.78 is 39.0. The maximum absolute atomic E-state index is 11.5. The monoisotopic (exact) mass is 185 g/mol. The molecule has 0 radical (unpaired) electrons. The molecule has 0 saturated heterocycles. The van der Waals surface area contributed by atoms with E-state index in [1.165, 1.54) is 0 Å². The number of hydrogen-bond donors (Lipinski definition) is 1. The third-order valence-electron chi connectivity index (χ3n) is 1.15. The predicted molar refractivity (Wildman–Crippen MR) is 40.3 cm³/mol. The fourth-order valence-corrected chi connectivity index (χ4v) is 0.634. The van der Waals surface area contributed by atoms with E-state index in [9.17, 15) is 13.2 Å². The molecule has 1 N–H and O–H groups in total.